The fourth-order valence-corrected chi connectivity index (χ4v) is 5.80. The molecule has 0 saturated carbocycles. The zero-order valence-corrected chi connectivity index (χ0v) is 22.5. The van der Waals surface area contributed by atoms with Gasteiger partial charge in [-0.05, 0) is 50.6 Å². The summed E-state index contributed by atoms with van der Waals surface area (Å²) < 4.78 is 27.8. The largest absolute Gasteiger partial charge is 0.465 e. The van der Waals surface area contributed by atoms with Crippen LogP contribution in [0.25, 0.3) is 17.0 Å². The van der Waals surface area contributed by atoms with Gasteiger partial charge in [-0.25, -0.2) is 14.2 Å². The molecule has 200 valence electrons. The van der Waals surface area contributed by atoms with E-state index in [0.717, 1.165) is 16.5 Å². The highest BCUT2D eigenvalue weighted by molar-refractivity contribution is 7.07. The number of thiazole rings is 1. The summed E-state index contributed by atoms with van der Waals surface area (Å²) in [5.41, 5.74) is 2.46. The number of halogens is 1. The first-order chi connectivity index (χ1) is 18.8. The van der Waals surface area contributed by atoms with Crippen LogP contribution in [0.5, 0.6) is 0 Å². The number of ether oxygens (including phenoxy) is 2. The monoisotopic (exact) mass is 547 g/mol. The van der Waals surface area contributed by atoms with Crippen molar-refractivity contribution in [3.63, 3.8) is 0 Å². The fourth-order valence-electron chi connectivity index (χ4n) is 4.76. The van der Waals surface area contributed by atoms with Crippen LogP contribution in [0, 0.1) is 5.82 Å². The van der Waals surface area contributed by atoms with Crippen LogP contribution in [-0.2, 0) is 25.6 Å². The molecule has 2 aromatic heterocycles. The molecule has 0 aliphatic carbocycles. The summed E-state index contributed by atoms with van der Waals surface area (Å²) >= 11 is 1.20. The first-order valence-electron chi connectivity index (χ1n) is 12.5. The number of esters is 2. The number of carbonyl (C=O) groups is 2. The van der Waals surface area contributed by atoms with E-state index in [2.05, 4.69) is 4.99 Å². The standard InChI is InChI=1S/C29H26FN3O5S/c1-4-37-24(34)16-32-15-19(21-8-6-7-9-22(21)32)14-23-27(35)33-26(18-10-12-20(30)13-11-18)25(28(36)38-5-2)17(3)31-29(33)39-23/h6-15,26H,4-5,16H2,1-3H3/b23-14-. The van der Waals surface area contributed by atoms with Gasteiger partial charge in [0.25, 0.3) is 5.56 Å². The lowest BCUT2D eigenvalue weighted by Gasteiger charge is -2.24. The van der Waals surface area contributed by atoms with E-state index in [1.54, 1.807) is 43.5 Å². The minimum atomic E-state index is -0.826. The molecular weight excluding hydrogens is 521 g/mol. The minimum absolute atomic E-state index is 0.0378. The minimum Gasteiger partial charge on any atom is -0.465 e. The van der Waals surface area contributed by atoms with Crippen molar-refractivity contribution in [1.29, 1.82) is 0 Å². The van der Waals surface area contributed by atoms with E-state index in [9.17, 15) is 18.8 Å². The number of carbonyl (C=O) groups excluding carboxylic acids is 2. The summed E-state index contributed by atoms with van der Waals surface area (Å²) in [6.45, 7) is 5.64. The van der Waals surface area contributed by atoms with Crippen molar-refractivity contribution >= 4 is 40.3 Å². The van der Waals surface area contributed by atoms with Gasteiger partial charge >= 0.3 is 11.9 Å². The van der Waals surface area contributed by atoms with E-state index in [0.29, 0.717) is 20.6 Å². The van der Waals surface area contributed by atoms with Gasteiger partial charge in [-0.15, -0.1) is 0 Å². The van der Waals surface area contributed by atoms with E-state index < -0.39 is 17.8 Å². The molecule has 0 fully saturated rings. The van der Waals surface area contributed by atoms with Crippen molar-refractivity contribution in [2.24, 2.45) is 4.99 Å². The zero-order valence-electron chi connectivity index (χ0n) is 21.6. The van der Waals surface area contributed by atoms with E-state index in [1.807, 2.05) is 30.5 Å². The fraction of sp³-hybridized carbons (Fsp3) is 0.241. The molecule has 0 N–H and O–H groups in total. The first-order valence-corrected chi connectivity index (χ1v) is 13.3. The van der Waals surface area contributed by atoms with Crippen LogP contribution in [-0.4, -0.2) is 34.3 Å². The Labute approximate surface area is 226 Å². The lowest BCUT2D eigenvalue weighted by atomic mass is 9.96. The van der Waals surface area contributed by atoms with Crippen LogP contribution in [0.3, 0.4) is 0 Å². The van der Waals surface area contributed by atoms with Gasteiger partial charge in [-0.3, -0.25) is 14.2 Å². The predicted octanol–water partition coefficient (Wildman–Crippen LogP) is 3.46. The molecule has 1 unspecified atom stereocenters. The predicted molar refractivity (Wildman–Crippen MR) is 145 cm³/mol. The third kappa shape index (κ3) is 4.95. The second-order valence-electron chi connectivity index (χ2n) is 8.89. The van der Waals surface area contributed by atoms with Gasteiger partial charge in [-0.2, -0.15) is 0 Å². The number of aromatic nitrogens is 2. The Morgan fingerprint density at radius 1 is 1.08 bits per heavy atom. The highest BCUT2D eigenvalue weighted by Gasteiger charge is 2.33. The van der Waals surface area contributed by atoms with Crippen LogP contribution in [0.1, 0.15) is 37.9 Å². The molecule has 1 atom stereocenters. The molecule has 0 amide bonds. The maximum absolute atomic E-state index is 13.9. The van der Waals surface area contributed by atoms with Gasteiger partial charge in [0.15, 0.2) is 4.80 Å². The average Bonchev–Trinajstić information content (AvgIpc) is 3.40. The summed E-state index contributed by atoms with van der Waals surface area (Å²) in [6.07, 6.45) is 3.57. The summed E-state index contributed by atoms with van der Waals surface area (Å²) in [5, 5.41) is 0.867. The maximum atomic E-state index is 13.9. The molecule has 39 heavy (non-hydrogen) atoms. The van der Waals surface area contributed by atoms with Crippen molar-refractivity contribution in [2.75, 3.05) is 13.2 Å². The molecule has 4 aromatic rings. The number of hydrogen-bond donors (Lipinski definition) is 0. The Balaban J connectivity index is 1.69. The second kappa shape index (κ2) is 10.8. The van der Waals surface area contributed by atoms with Gasteiger partial charge in [-0.1, -0.05) is 41.7 Å². The summed E-state index contributed by atoms with van der Waals surface area (Å²) in [4.78, 5) is 44.0. The topological polar surface area (TPSA) is 91.9 Å². The molecule has 8 nitrogen and oxygen atoms in total. The number of para-hydroxylation sites is 1. The van der Waals surface area contributed by atoms with Gasteiger partial charge in [0.2, 0.25) is 0 Å². The number of nitrogens with zero attached hydrogens (tertiary/aromatic N) is 3. The second-order valence-corrected chi connectivity index (χ2v) is 9.90. The highest BCUT2D eigenvalue weighted by atomic mass is 32.1. The number of hydrogen-bond acceptors (Lipinski definition) is 7. The lowest BCUT2D eigenvalue weighted by molar-refractivity contribution is -0.143. The van der Waals surface area contributed by atoms with Crippen molar-refractivity contribution < 1.29 is 23.5 Å². The summed E-state index contributed by atoms with van der Waals surface area (Å²) in [6, 6.07) is 12.5. The van der Waals surface area contributed by atoms with E-state index >= 15 is 0 Å². The average molecular weight is 548 g/mol. The zero-order chi connectivity index (χ0) is 27.7. The molecule has 0 saturated heterocycles. The van der Waals surface area contributed by atoms with Crippen molar-refractivity contribution in [3.05, 3.63) is 103 Å². The maximum Gasteiger partial charge on any atom is 0.338 e. The molecule has 0 radical (unpaired) electrons. The molecule has 0 spiro atoms. The van der Waals surface area contributed by atoms with Gasteiger partial charge in [0, 0.05) is 22.7 Å². The van der Waals surface area contributed by atoms with Crippen molar-refractivity contribution in [3.8, 4) is 0 Å². The van der Waals surface area contributed by atoms with Gasteiger partial charge in [0.05, 0.1) is 35.1 Å². The molecule has 1 aliphatic heterocycles. The number of benzene rings is 2. The molecule has 3 heterocycles. The number of rotatable bonds is 7. The lowest BCUT2D eigenvalue weighted by Crippen LogP contribution is -2.39. The van der Waals surface area contributed by atoms with Crippen molar-refractivity contribution in [1.82, 2.24) is 9.13 Å². The van der Waals surface area contributed by atoms with Crippen LogP contribution >= 0.6 is 11.3 Å². The quantitative estimate of drug-likeness (QED) is 0.331. The number of allylic oxidation sites excluding steroid dienone is 1. The summed E-state index contributed by atoms with van der Waals surface area (Å²) in [5.74, 6) is -1.36. The van der Waals surface area contributed by atoms with Crippen molar-refractivity contribution in [2.45, 2.75) is 33.4 Å². The van der Waals surface area contributed by atoms with Gasteiger partial charge < -0.3 is 14.0 Å². The Morgan fingerprint density at radius 3 is 2.51 bits per heavy atom. The Hall–Kier alpha value is -4.31. The smallest absolute Gasteiger partial charge is 0.338 e. The van der Waals surface area contributed by atoms with Crippen LogP contribution in [0.2, 0.25) is 0 Å². The highest BCUT2D eigenvalue weighted by Crippen LogP contribution is 2.31. The molecule has 5 rings (SSSR count). The molecule has 0 bridgehead atoms. The first kappa shape index (κ1) is 26.3. The Kier molecular flexibility index (Phi) is 7.30. The molecule has 2 aromatic carbocycles. The van der Waals surface area contributed by atoms with E-state index in [1.165, 1.54) is 28.0 Å². The van der Waals surface area contributed by atoms with Gasteiger partial charge in [0.1, 0.15) is 12.4 Å². The van der Waals surface area contributed by atoms with Crippen LogP contribution in [0.4, 0.5) is 4.39 Å². The third-order valence-corrected chi connectivity index (χ3v) is 7.40. The summed E-state index contributed by atoms with van der Waals surface area (Å²) in [7, 11) is 0. The SMILES string of the molecule is CCOC(=O)Cn1cc(/C=c2\sc3n(c2=O)C(c2ccc(F)cc2)C(C(=O)OCC)=C(C)N=3)c2ccccc21. The van der Waals surface area contributed by atoms with E-state index in [4.69, 9.17) is 9.47 Å². The Morgan fingerprint density at radius 2 is 1.79 bits per heavy atom. The molecular formula is C29H26FN3O5S. The molecule has 1 aliphatic rings. The number of fused-ring (bicyclic) bond motifs is 2. The molecule has 10 heteroatoms. The van der Waals surface area contributed by atoms with Crippen LogP contribution in [0.15, 0.2) is 75.8 Å². The normalized spacial score (nSPS) is 15.3. The van der Waals surface area contributed by atoms with E-state index in [-0.39, 0.29) is 36.9 Å². The van der Waals surface area contributed by atoms with Crippen LogP contribution < -0.4 is 14.9 Å². The third-order valence-electron chi connectivity index (χ3n) is 6.41. The Bertz CT molecular complexity index is 1800.